The molecule has 0 spiro atoms. The predicted molar refractivity (Wildman–Crippen MR) is 76.0 cm³/mol. The normalized spacial score (nSPS) is 5.39. The Morgan fingerprint density at radius 1 is 0.778 bits per heavy atom. The van der Waals surface area contributed by atoms with Crippen molar-refractivity contribution in [2.75, 3.05) is 0 Å². The fraction of sp³-hybridized carbons (Fsp3) is 0.643. The number of aryl methyl sites for hydroxylation is 1. The smallest absolute Gasteiger partial charge is 0.210 e. The van der Waals surface area contributed by atoms with Gasteiger partial charge < -0.3 is 5.11 Å². The van der Waals surface area contributed by atoms with Gasteiger partial charge in [0.05, 0.1) is 0 Å². The maximum absolute atomic E-state index is 8.70. The van der Waals surface area contributed by atoms with Crippen molar-refractivity contribution in [1.82, 2.24) is 4.98 Å². The molecule has 0 aromatic carbocycles. The molecule has 4 heteroatoms. The number of nitrogens with zero attached hydrogens (tertiary/aromatic N) is 1. The van der Waals surface area contributed by atoms with Gasteiger partial charge in [-0.3, -0.25) is 0 Å². The van der Waals surface area contributed by atoms with Crippen molar-refractivity contribution in [3.63, 3.8) is 0 Å². The molecule has 1 N–H and O–H groups in total. The maximum atomic E-state index is 8.70. The molecule has 0 aliphatic rings. The molecular weight excluding hydrogens is 566 g/mol. The second-order valence-electron chi connectivity index (χ2n) is 1.64. The fourth-order valence-corrected chi connectivity index (χ4v) is 0.529. The van der Waals surface area contributed by atoms with Gasteiger partial charge in [0.15, 0.2) is 0 Å². The number of hydrogen-bond donors (Lipinski definition) is 1. The number of rotatable bonds is 0. The van der Waals surface area contributed by atoms with E-state index in [4.69, 9.17) is 5.11 Å². The molecule has 1 heterocycles. The van der Waals surface area contributed by atoms with Gasteiger partial charge in [-0.05, 0) is 13.0 Å². The van der Waals surface area contributed by atoms with Crippen molar-refractivity contribution in [3.8, 4) is 5.88 Å². The molecule has 0 saturated carbocycles. The van der Waals surface area contributed by atoms with Crippen LogP contribution in [0, 0.1) is 6.92 Å². The number of pyridine rings is 1. The Morgan fingerprint density at radius 3 is 1.28 bits per heavy atom. The Morgan fingerprint density at radius 2 is 1.11 bits per heavy atom. The summed E-state index contributed by atoms with van der Waals surface area (Å²) >= 11 is 0. The summed E-state index contributed by atoms with van der Waals surface area (Å²) in [5.41, 5.74) is 0.838. The van der Waals surface area contributed by atoms with E-state index >= 15 is 0 Å². The van der Waals surface area contributed by atoms with E-state index in [9.17, 15) is 0 Å². The molecule has 0 bridgehead atoms. The van der Waals surface area contributed by atoms with Crippen LogP contribution in [0.3, 0.4) is 0 Å². The summed E-state index contributed by atoms with van der Waals surface area (Å²) in [6.45, 7) is 17.8. The molecule has 18 heavy (non-hydrogen) atoms. The average Bonchev–Trinajstić information content (AvgIpc) is 2.39. The number of aromatic nitrogens is 1. The van der Waals surface area contributed by atoms with Crippen LogP contribution in [-0.4, -0.2) is 10.1 Å². The summed E-state index contributed by atoms with van der Waals surface area (Å²) in [6, 6.07) is 5.14. The van der Waals surface area contributed by atoms with E-state index in [0.717, 1.165) is 5.69 Å². The Bertz CT molecular complexity index is 180. The summed E-state index contributed by atoms with van der Waals surface area (Å²) in [4.78, 5) is 3.73. The minimum absolute atomic E-state index is 0. The quantitative estimate of drug-likeness (QED) is 0.447. The molecule has 0 saturated heterocycles. The van der Waals surface area contributed by atoms with Gasteiger partial charge in [-0.2, -0.15) is 0 Å². The Hall–Kier alpha value is 0.327. The zero-order valence-electron chi connectivity index (χ0n) is 13.4. The van der Waals surface area contributed by atoms with Gasteiger partial charge in [-0.15, -0.1) is 0 Å². The molecule has 1 aromatic rings. The third-order valence-corrected chi connectivity index (χ3v) is 0.874. The SMILES string of the molecule is CC.CC.CC.CC.Cc1cccc(O)n1.[W].[W]. The topological polar surface area (TPSA) is 33.1 Å². The van der Waals surface area contributed by atoms with Gasteiger partial charge in [0.25, 0.3) is 0 Å². The van der Waals surface area contributed by atoms with Gasteiger partial charge in [0.1, 0.15) is 0 Å². The van der Waals surface area contributed by atoms with Crippen LogP contribution in [0.4, 0.5) is 0 Å². The minimum atomic E-state index is 0. The van der Waals surface area contributed by atoms with E-state index in [2.05, 4.69) is 4.98 Å². The van der Waals surface area contributed by atoms with E-state index in [-0.39, 0.29) is 48.0 Å². The van der Waals surface area contributed by atoms with Crippen LogP contribution in [0.15, 0.2) is 18.2 Å². The predicted octanol–water partition coefficient (Wildman–Crippen LogP) is 5.20. The Balaban J connectivity index is -0.0000000315. The molecule has 2 nitrogen and oxygen atoms in total. The van der Waals surface area contributed by atoms with Crippen LogP contribution < -0.4 is 0 Å². The Kier molecular flexibility index (Phi) is 87.1. The first kappa shape index (κ1) is 36.2. The molecule has 0 unspecified atom stereocenters. The van der Waals surface area contributed by atoms with E-state index < -0.39 is 0 Å². The van der Waals surface area contributed by atoms with Crippen LogP contribution in [0.25, 0.3) is 0 Å². The summed E-state index contributed by atoms with van der Waals surface area (Å²) in [5.74, 6) is 0.0880. The van der Waals surface area contributed by atoms with Crippen LogP contribution in [0.5, 0.6) is 5.88 Å². The Labute approximate surface area is 144 Å². The van der Waals surface area contributed by atoms with Gasteiger partial charge in [0, 0.05) is 53.9 Å². The van der Waals surface area contributed by atoms with Crippen molar-refractivity contribution < 1.29 is 47.2 Å². The number of aromatic hydroxyl groups is 1. The molecule has 110 valence electrons. The summed E-state index contributed by atoms with van der Waals surface area (Å²) < 4.78 is 0. The van der Waals surface area contributed by atoms with Gasteiger partial charge in [-0.25, -0.2) is 4.98 Å². The molecular formula is C14H31NOW2. The summed E-state index contributed by atoms with van der Waals surface area (Å²) in [6.07, 6.45) is 0. The van der Waals surface area contributed by atoms with Crippen LogP contribution >= 0.6 is 0 Å². The van der Waals surface area contributed by atoms with Crippen LogP contribution in [0.2, 0.25) is 0 Å². The second kappa shape index (κ2) is 43.3. The summed E-state index contributed by atoms with van der Waals surface area (Å²) in [7, 11) is 0. The number of hydrogen-bond acceptors (Lipinski definition) is 2. The molecule has 0 atom stereocenters. The largest absolute Gasteiger partial charge is 0.493 e. The van der Waals surface area contributed by atoms with Crippen molar-refractivity contribution >= 4 is 0 Å². The van der Waals surface area contributed by atoms with Crippen molar-refractivity contribution in [2.45, 2.75) is 62.3 Å². The van der Waals surface area contributed by atoms with E-state index in [1.807, 2.05) is 68.4 Å². The van der Waals surface area contributed by atoms with Crippen LogP contribution in [-0.2, 0) is 42.1 Å². The van der Waals surface area contributed by atoms with Gasteiger partial charge in [-0.1, -0.05) is 61.5 Å². The first-order chi connectivity index (χ1) is 7.79. The van der Waals surface area contributed by atoms with Gasteiger partial charge >= 0.3 is 0 Å². The van der Waals surface area contributed by atoms with E-state index in [1.54, 1.807) is 12.1 Å². The molecule has 0 radical (unpaired) electrons. The fourth-order valence-electron chi connectivity index (χ4n) is 0.529. The molecule has 1 rings (SSSR count). The molecule has 0 amide bonds. The molecule has 0 aliphatic carbocycles. The van der Waals surface area contributed by atoms with Crippen molar-refractivity contribution in [1.29, 1.82) is 0 Å². The zero-order chi connectivity index (χ0) is 14.0. The third kappa shape index (κ3) is 36.0. The van der Waals surface area contributed by atoms with Crippen LogP contribution in [0.1, 0.15) is 61.1 Å². The monoisotopic (exact) mass is 597 g/mol. The van der Waals surface area contributed by atoms with Gasteiger partial charge in [0.2, 0.25) is 5.88 Å². The summed E-state index contributed by atoms with van der Waals surface area (Å²) in [5, 5.41) is 8.70. The van der Waals surface area contributed by atoms with E-state index in [1.165, 1.54) is 0 Å². The standard InChI is InChI=1S/C6H7NO.4C2H6.2W/c1-5-3-2-4-6(8)7-5;4*1-2;;/h2-4H,1H3,(H,7,8);4*1-2H3;;. The third-order valence-electron chi connectivity index (χ3n) is 0.874. The maximum Gasteiger partial charge on any atom is 0.210 e. The first-order valence-corrected chi connectivity index (χ1v) is 6.41. The van der Waals surface area contributed by atoms with E-state index in [0.29, 0.717) is 0 Å². The molecule has 0 aliphatic heterocycles. The first-order valence-electron chi connectivity index (χ1n) is 6.41. The second-order valence-corrected chi connectivity index (χ2v) is 1.64. The average molecular weight is 597 g/mol. The molecule has 1 aromatic heterocycles. The van der Waals surface area contributed by atoms with Crippen molar-refractivity contribution in [2.24, 2.45) is 0 Å². The molecule has 0 fully saturated rings. The minimum Gasteiger partial charge on any atom is -0.493 e. The zero-order valence-corrected chi connectivity index (χ0v) is 19.3. The van der Waals surface area contributed by atoms with Crippen molar-refractivity contribution in [3.05, 3.63) is 23.9 Å².